The average molecular weight is 377 g/mol. The molecule has 0 saturated carbocycles. The standard InChI is InChI=1S/C17H27N7O3/c1-5-24-12-13(21-17(24)23-8-6-18-7-9-23)20-16(22(4)14(12)25)19-10(2)15-26-11(3)27-15/h10-11,15,18H,5-9H2,1-4H3,(H,19,20)/t10-,11?,15?/m0/s1. The van der Waals surface area contributed by atoms with Crippen molar-refractivity contribution in [3.63, 3.8) is 0 Å². The van der Waals surface area contributed by atoms with Crippen LogP contribution < -0.4 is 21.1 Å². The highest BCUT2D eigenvalue weighted by molar-refractivity contribution is 5.75. The summed E-state index contributed by atoms with van der Waals surface area (Å²) in [6, 6.07) is -0.141. The molecule has 0 aliphatic carbocycles. The van der Waals surface area contributed by atoms with Crippen molar-refractivity contribution < 1.29 is 9.47 Å². The first-order valence-corrected chi connectivity index (χ1v) is 9.50. The van der Waals surface area contributed by atoms with Gasteiger partial charge in [-0.2, -0.15) is 9.97 Å². The van der Waals surface area contributed by atoms with Crippen molar-refractivity contribution in [3.05, 3.63) is 10.4 Å². The summed E-state index contributed by atoms with van der Waals surface area (Å²) in [5, 5.41) is 6.56. The van der Waals surface area contributed by atoms with E-state index >= 15 is 0 Å². The summed E-state index contributed by atoms with van der Waals surface area (Å²) in [7, 11) is 1.71. The van der Waals surface area contributed by atoms with Gasteiger partial charge in [0, 0.05) is 39.8 Å². The normalized spacial score (nSPS) is 24.1. The number of nitrogens with one attached hydrogen (secondary N) is 2. The number of piperazine rings is 1. The molecule has 0 unspecified atom stereocenters. The number of hydrogen-bond donors (Lipinski definition) is 2. The van der Waals surface area contributed by atoms with Gasteiger partial charge >= 0.3 is 0 Å². The van der Waals surface area contributed by atoms with Crippen LogP contribution in [0.3, 0.4) is 0 Å². The molecule has 2 saturated heterocycles. The fourth-order valence-electron chi connectivity index (χ4n) is 3.58. The third-order valence-corrected chi connectivity index (χ3v) is 5.10. The number of nitrogens with zero attached hydrogens (tertiary/aromatic N) is 5. The first-order chi connectivity index (χ1) is 13.0. The molecule has 10 heteroatoms. The van der Waals surface area contributed by atoms with Gasteiger partial charge in [-0.15, -0.1) is 0 Å². The SMILES string of the molecule is CCn1c(N2CCNCC2)nc2nc(N[C@@H](C)C3OC(C)O3)n(C)c(=O)c21. The lowest BCUT2D eigenvalue weighted by molar-refractivity contribution is -0.378. The number of ether oxygens (including phenoxy) is 2. The summed E-state index contributed by atoms with van der Waals surface area (Å²) < 4.78 is 14.5. The minimum atomic E-state index is -0.350. The van der Waals surface area contributed by atoms with E-state index in [1.54, 1.807) is 7.05 Å². The molecule has 27 heavy (non-hydrogen) atoms. The van der Waals surface area contributed by atoms with Gasteiger partial charge in [-0.05, 0) is 20.8 Å². The molecule has 4 rings (SSSR count). The van der Waals surface area contributed by atoms with Crippen LogP contribution in [-0.2, 0) is 23.1 Å². The number of anilines is 2. The van der Waals surface area contributed by atoms with E-state index < -0.39 is 0 Å². The van der Waals surface area contributed by atoms with Crippen LogP contribution in [0.4, 0.5) is 11.9 Å². The molecule has 2 fully saturated rings. The Balaban J connectivity index is 1.70. The van der Waals surface area contributed by atoms with Gasteiger partial charge in [0.1, 0.15) is 0 Å². The lowest BCUT2D eigenvalue weighted by Crippen LogP contribution is -2.49. The first kappa shape index (κ1) is 18.2. The van der Waals surface area contributed by atoms with E-state index in [4.69, 9.17) is 14.5 Å². The number of imidazole rings is 1. The quantitative estimate of drug-likeness (QED) is 0.756. The molecule has 0 spiro atoms. The van der Waals surface area contributed by atoms with Crippen molar-refractivity contribution in [1.82, 2.24) is 24.4 Å². The van der Waals surface area contributed by atoms with Crippen LogP contribution in [0.1, 0.15) is 20.8 Å². The minimum absolute atomic E-state index is 0.116. The van der Waals surface area contributed by atoms with Gasteiger partial charge in [0.05, 0.1) is 6.04 Å². The average Bonchev–Trinajstić information content (AvgIpc) is 3.02. The second-order valence-corrected chi connectivity index (χ2v) is 7.01. The molecule has 0 amide bonds. The molecule has 148 valence electrons. The van der Waals surface area contributed by atoms with Crippen molar-refractivity contribution in [1.29, 1.82) is 0 Å². The molecule has 0 aromatic carbocycles. The van der Waals surface area contributed by atoms with Crippen molar-refractivity contribution in [3.8, 4) is 0 Å². The van der Waals surface area contributed by atoms with Crippen LogP contribution in [0, 0.1) is 0 Å². The molecule has 0 bridgehead atoms. The van der Waals surface area contributed by atoms with Gasteiger partial charge in [-0.25, -0.2) is 0 Å². The third-order valence-electron chi connectivity index (χ3n) is 5.10. The molecular weight excluding hydrogens is 350 g/mol. The van der Waals surface area contributed by atoms with E-state index in [1.807, 2.05) is 25.3 Å². The molecule has 2 aliphatic heterocycles. The molecule has 2 aromatic rings. The van der Waals surface area contributed by atoms with Crippen LogP contribution >= 0.6 is 0 Å². The Kier molecular flexibility index (Phi) is 4.79. The zero-order valence-corrected chi connectivity index (χ0v) is 16.2. The molecular formula is C17H27N7O3. The highest BCUT2D eigenvalue weighted by Crippen LogP contribution is 2.23. The molecule has 2 N–H and O–H groups in total. The van der Waals surface area contributed by atoms with E-state index in [0.29, 0.717) is 23.7 Å². The number of aromatic nitrogens is 4. The van der Waals surface area contributed by atoms with Crippen molar-refractivity contribution >= 4 is 23.1 Å². The molecule has 1 atom stereocenters. The highest BCUT2D eigenvalue weighted by Gasteiger charge is 2.33. The van der Waals surface area contributed by atoms with Gasteiger partial charge < -0.3 is 29.6 Å². The van der Waals surface area contributed by atoms with E-state index in [2.05, 4.69) is 20.5 Å². The lowest BCUT2D eigenvalue weighted by Gasteiger charge is -2.37. The van der Waals surface area contributed by atoms with Crippen LogP contribution in [0.2, 0.25) is 0 Å². The summed E-state index contributed by atoms with van der Waals surface area (Å²) in [6.45, 7) is 10.00. The molecule has 2 aromatic heterocycles. The summed E-state index contributed by atoms with van der Waals surface area (Å²) in [4.78, 5) is 24.6. The summed E-state index contributed by atoms with van der Waals surface area (Å²) >= 11 is 0. The van der Waals surface area contributed by atoms with E-state index in [9.17, 15) is 4.79 Å². The highest BCUT2D eigenvalue weighted by atomic mass is 16.9. The Morgan fingerprint density at radius 2 is 2.00 bits per heavy atom. The zero-order valence-electron chi connectivity index (χ0n) is 16.2. The Labute approximate surface area is 157 Å². The van der Waals surface area contributed by atoms with Crippen LogP contribution in [0.5, 0.6) is 0 Å². The van der Waals surface area contributed by atoms with Gasteiger partial charge in [0.25, 0.3) is 5.56 Å². The number of hydrogen-bond acceptors (Lipinski definition) is 8. The maximum atomic E-state index is 13.0. The fraction of sp³-hybridized carbons (Fsp3) is 0.706. The molecule has 2 aliphatic rings. The van der Waals surface area contributed by atoms with E-state index in [0.717, 1.165) is 32.1 Å². The summed E-state index contributed by atoms with van der Waals surface area (Å²) in [5.74, 6) is 1.27. The van der Waals surface area contributed by atoms with Crippen LogP contribution in [0.15, 0.2) is 4.79 Å². The molecule has 10 nitrogen and oxygen atoms in total. The van der Waals surface area contributed by atoms with E-state index in [1.165, 1.54) is 4.57 Å². The fourth-order valence-corrected chi connectivity index (χ4v) is 3.58. The predicted octanol–water partition coefficient (Wildman–Crippen LogP) is 0.0788. The predicted molar refractivity (Wildman–Crippen MR) is 102 cm³/mol. The molecule has 4 heterocycles. The van der Waals surface area contributed by atoms with Crippen LogP contribution in [-0.4, -0.2) is 63.9 Å². The number of aryl methyl sites for hydroxylation is 1. The Hall–Kier alpha value is -2.17. The second-order valence-electron chi connectivity index (χ2n) is 7.01. The van der Waals surface area contributed by atoms with Gasteiger partial charge in [0.2, 0.25) is 11.9 Å². The first-order valence-electron chi connectivity index (χ1n) is 9.50. The number of fused-ring (bicyclic) bond motifs is 1. The topological polar surface area (TPSA) is 98.5 Å². The lowest BCUT2D eigenvalue weighted by atomic mass is 10.3. The van der Waals surface area contributed by atoms with Crippen molar-refractivity contribution in [2.75, 3.05) is 36.4 Å². The maximum absolute atomic E-state index is 13.0. The van der Waals surface area contributed by atoms with Crippen molar-refractivity contribution in [2.24, 2.45) is 7.05 Å². The maximum Gasteiger partial charge on any atom is 0.280 e. The zero-order chi connectivity index (χ0) is 19.1. The number of rotatable bonds is 5. The molecule has 0 radical (unpaired) electrons. The Morgan fingerprint density at radius 1 is 1.30 bits per heavy atom. The Morgan fingerprint density at radius 3 is 2.63 bits per heavy atom. The smallest absolute Gasteiger partial charge is 0.280 e. The van der Waals surface area contributed by atoms with Gasteiger partial charge in [-0.3, -0.25) is 9.36 Å². The van der Waals surface area contributed by atoms with Gasteiger partial charge in [-0.1, -0.05) is 0 Å². The minimum Gasteiger partial charge on any atom is -0.348 e. The van der Waals surface area contributed by atoms with Crippen molar-refractivity contribution in [2.45, 2.75) is 45.9 Å². The summed E-state index contributed by atoms with van der Waals surface area (Å²) in [6.07, 6.45) is -0.544. The largest absolute Gasteiger partial charge is 0.348 e. The monoisotopic (exact) mass is 377 g/mol. The van der Waals surface area contributed by atoms with Crippen LogP contribution in [0.25, 0.3) is 11.2 Å². The Bertz CT molecular complexity index is 881. The summed E-state index contributed by atoms with van der Waals surface area (Å²) in [5.41, 5.74) is 0.887. The third kappa shape index (κ3) is 3.17. The second kappa shape index (κ2) is 7.10. The van der Waals surface area contributed by atoms with E-state index in [-0.39, 0.29) is 24.2 Å². The van der Waals surface area contributed by atoms with Gasteiger partial charge in [0.15, 0.2) is 23.7 Å².